The van der Waals surface area contributed by atoms with Gasteiger partial charge >= 0.3 is 0 Å². The van der Waals surface area contributed by atoms with Crippen molar-refractivity contribution >= 4 is 154 Å². The molecule has 0 aliphatic heterocycles. The Morgan fingerprint density at radius 2 is 0.436 bits per heavy atom. The van der Waals surface area contributed by atoms with Crippen LogP contribution in [-0.2, 0) is 51.4 Å². The monoisotopic (exact) mass is 1780 g/mol. The summed E-state index contributed by atoms with van der Waals surface area (Å²) >= 11 is 0. The lowest BCUT2D eigenvalue weighted by atomic mass is 9.96. The molecule has 28 aromatic rings. The molecule has 0 unspecified atom stereocenters. The Labute approximate surface area is 796 Å². The molecule has 0 bridgehead atoms. The predicted molar refractivity (Wildman–Crippen MR) is 559 cm³/mol. The summed E-state index contributed by atoms with van der Waals surface area (Å²) < 4.78 is 9.36. The van der Waals surface area contributed by atoms with Crippen molar-refractivity contribution < 1.29 is 0 Å². The number of fused-ring (bicyclic) bond motifs is 64. The van der Waals surface area contributed by atoms with Crippen LogP contribution < -0.4 is 0 Å². The van der Waals surface area contributed by atoms with Crippen LogP contribution in [0.4, 0.5) is 0 Å². The Bertz CT molecular complexity index is 9460. The normalized spacial score (nSPS) is 13.5. The minimum absolute atomic E-state index is 0.913. The lowest BCUT2D eigenvalue weighted by molar-refractivity contribution is 1.16. The molecule has 16 aromatic heterocycles. The van der Waals surface area contributed by atoms with Gasteiger partial charge in [-0.15, -0.1) is 0 Å². The van der Waals surface area contributed by atoms with E-state index >= 15 is 0 Å². The Morgan fingerprint density at radius 3 is 0.843 bits per heavy atom. The first kappa shape index (κ1) is 75.1. The molecule has 0 amide bonds. The molecule has 140 heavy (non-hydrogen) atoms. The van der Waals surface area contributed by atoms with Crippen LogP contribution in [0.2, 0.25) is 0 Å². The number of hydrogen-bond acceptors (Lipinski definition) is 12. The van der Waals surface area contributed by atoms with Crippen molar-refractivity contribution in [2.24, 2.45) is 0 Å². The molecule has 648 valence electrons. The minimum atomic E-state index is 0.913. The molecular formula is C124H72N16. The van der Waals surface area contributed by atoms with Crippen LogP contribution in [0.1, 0.15) is 89.0 Å². The number of imidazole rings is 4. The van der Waals surface area contributed by atoms with Gasteiger partial charge in [0.05, 0.1) is 71.7 Å². The summed E-state index contributed by atoms with van der Waals surface area (Å²) in [5.41, 5.74) is 64.2. The highest BCUT2D eigenvalue weighted by molar-refractivity contribution is 6.19. The van der Waals surface area contributed by atoms with E-state index in [4.69, 9.17) is 29.9 Å². The van der Waals surface area contributed by atoms with Crippen LogP contribution in [0, 0.1) is 0 Å². The molecule has 36 rings (SSSR count). The van der Waals surface area contributed by atoms with Crippen LogP contribution in [0.25, 0.3) is 243 Å². The standard InChI is InChI=1S/4C31H18N4/c1-2-5-18-17(4-1)14-23-19(18)7-8-20-21-9-10-27-30(25(21)15-24(20)23)35-28-11-13-32-16-26(28)29-22(31(35)34-27)6-3-12-33-29;1-2-5-18-17(4-1)14-23-19(18)7-8-20-21-9-10-27-30(25(21)15-24(20)23)35-28-11-13-32-16-26(28)22-6-3-12-33-29(22)31(35)34-27;1-2-4-18-17(3-1)13-23-19(18)5-6-20-21-7-8-28-30(25(21)14-24(20)23)35-29-10-12-33-16-27(29)26-15-32-11-9-22(26)31(35)34-28;1-2-4-18-17(3-1)13-23-19(18)5-6-20-21-7-8-28-30(25(21)14-24(20)23)35-29-10-12-33-15-26(29)22-9-11-32-16-27(22)31(35)34-28/h2*1-13,16H,14-15H2;2*1-12,15-16H,13-14H2. The Balaban J connectivity index is 0.0000000829. The number of benzene rings is 12. The molecule has 8 aliphatic carbocycles. The molecule has 0 fully saturated rings. The summed E-state index contributed by atoms with van der Waals surface area (Å²) in [7, 11) is 0. The van der Waals surface area contributed by atoms with Gasteiger partial charge in [0.1, 0.15) is 22.5 Å². The Hall–Kier alpha value is -18.3. The molecule has 12 aromatic carbocycles. The van der Waals surface area contributed by atoms with Gasteiger partial charge in [-0.2, -0.15) is 0 Å². The average Bonchev–Trinajstić information content (AvgIpc) is 1.55. The van der Waals surface area contributed by atoms with E-state index in [-0.39, 0.29) is 0 Å². The first-order chi connectivity index (χ1) is 69.5. The minimum Gasteiger partial charge on any atom is -0.291 e. The summed E-state index contributed by atoms with van der Waals surface area (Å²) in [6.45, 7) is 0. The molecular weight excluding hydrogens is 1710 g/mol. The molecule has 16 heterocycles. The summed E-state index contributed by atoms with van der Waals surface area (Å²) in [5, 5.41) is 10.9. The molecule has 0 spiro atoms. The fourth-order valence-corrected chi connectivity index (χ4v) is 26.3. The van der Waals surface area contributed by atoms with E-state index in [1.807, 2.05) is 98.9 Å². The SMILES string of the molecule is c1ccc2c(c1)Cc1c-2ccc2c1Cc1c-2ccc2nc3c4cccnc4c4cnccc4n3c12.c1ccc2c(c1)Cc1c-2ccc2c1Cc1c-2ccc2nc3c4ccncc4c4cnccc4n3c12.c1ccc2c(c1)Cc1c-2ccc2c1Cc1c-2ccc2nc3c4cnccc4c4cnccc4n3c12.c1ccc2c(c1)Cc1c-2ccc2c1Cc1c-2ccc2nc3c4ncccc4c4cnccc4n3c12. The van der Waals surface area contributed by atoms with Crippen molar-refractivity contribution in [3.63, 3.8) is 0 Å². The molecule has 0 N–H and O–H groups in total. The zero-order valence-electron chi connectivity index (χ0n) is 75.1. The van der Waals surface area contributed by atoms with Gasteiger partial charge in [-0.3, -0.25) is 57.5 Å². The third-order valence-electron chi connectivity index (χ3n) is 32.2. The number of nitrogens with zero attached hydrogens (tertiary/aromatic N) is 16. The fourth-order valence-electron chi connectivity index (χ4n) is 26.3. The topological polar surface area (TPSA) is 172 Å². The summed E-state index contributed by atoms with van der Waals surface area (Å²) in [6, 6.07) is 92.6. The van der Waals surface area contributed by atoms with E-state index in [1.165, 1.54) is 200 Å². The van der Waals surface area contributed by atoms with Crippen LogP contribution in [0.15, 0.2) is 342 Å². The summed E-state index contributed by atoms with van der Waals surface area (Å²) in [5.74, 6) is 0. The molecule has 0 saturated carbocycles. The second-order valence-corrected chi connectivity index (χ2v) is 38.6. The van der Waals surface area contributed by atoms with E-state index in [0.29, 0.717) is 0 Å². The van der Waals surface area contributed by atoms with Crippen LogP contribution >= 0.6 is 0 Å². The summed E-state index contributed by atoms with van der Waals surface area (Å²) in [6.07, 6.45) is 34.4. The van der Waals surface area contributed by atoms with Gasteiger partial charge in [-0.25, -0.2) is 19.9 Å². The van der Waals surface area contributed by atoms with Crippen molar-refractivity contribution in [1.29, 1.82) is 0 Å². The van der Waals surface area contributed by atoms with Crippen molar-refractivity contribution in [3.05, 3.63) is 431 Å². The van der Waals surface area contributed by atoms with Crippen molar-refractivity contribution in [3.8, 4) is 89.0 Å². The third-order valence-corrected chi connectivity index (χ3v) is 32.2. The number of pyridine rings is 12. The lowest BCUT2D eigenvalue weighted by Crippen LogP contribution is -1.96. The van der Waals surface area contributed by atoms with Crippen molar-refractivity contribution in [2.75, 3.05) is 0 Å². The van der Waals surface area contributed by atoms with E-state index in [9.17, 15) is 0 Å². The quantitative estimate of drug-likeness (QED) is 0.132. The van der Waals surface area contributed by atoms with Gasteiger partial charge < -0.3 is 0 Å². The highest BCUT2D eigenvalue weighted by atomic mass is 15.1. The maximum Gasteiger partial charge on any atom is 0.165 e. The Kier molecular flexibility index (Phi) is 14.9. The highest BCUT2D eigenvalue weighted by Gasteiger charge is 2.37. The molecule has 16 heteroatoms. The predicted octanol–water partition coefficient (Wildman–Crippen LogP) is 26.9. The fraction of sp³-hybridized carbons (Fsp3) is 0.0645. The van der Waals surface area contributed by atoms with Crippen LogP contribution in [0.5, 0.6) is 0 Å². The smallest absolute Gasteiger partial charge is 0.165 e. The Morgan fingerprint density at radius 1 is 0.164 bits per heavy atom. The van der Waals surface area contributed by atoms with Crippen molar-refractivity contribution in [1.82, 2.24) is 77.4 Å². The molecule has 0 atom stereocenters. The molecule has 0 radical (unpaired) electrons. The maximum atomic E-state index is 5.15. The third kappa shape index (κ3) is 10.1. The van der Waals surface area contributed by atoms with Gasteiger partial charge in [-0.1, -0.05) is 176 Å². The maximum absolute atomic E-state index is 5.15. The van der Waals surface area contributed by atoms with Crippen LogP contribution in [0.3, 0.4) is 0 Å². The zero-order chi connectivity index (χ0) is 90.7. The summed E-state index contributed by atoms with van der Waals surface area (Å²) in [4.78, 5) is 56.6. The highest BCUT2D eigenvalue weighted by Crippen LogP contribution is 2.56. The number of hydrogen-bond donors (Lipinski definition) is 0. The first-order valence-corrected chi connectivity index (χ1v) is 48.2. The molecule has 8 aliphatic rings. The number of rotatable bonds is 0. The van der Waals surface area contributed by atoms with Gasteiger partial charge in [0.2, 0.25) is 0 Å². The second kappa shape index (κ2) is 27.7. The molecule has 0 saturated heterocycles. The van der Waals surface area contributed by atoms with E-state index in [2.05, 4.69) is 290 Å². The van der Waals surface area contributed by atoms with Gasteiger partial charge in [0, 0.05) is 161 Å². The lowest BCUT2D eigenvalue weighted by Gasteiger charge is -2.09. The first-order valence-electron chi connectivity index (χ1n) is 48.2. The van der Waals surface area contributed by atoms with Gasteiger partial charge in [-0.05, 0) is 288 Å². The van der Waals surface area contributed by atoms with Gasteiger partial charge in [0.25, 0.3) is 0 Å². The molecule has 16 nitrogen and oxygen atoms in total. The number of aromatic nitrogens is 16. The van der Waals surface area contributed by atoms with Crippen molar-refractivity contribution in [2.45, 2.75) is 51.4 Å². The van der Waals surface area contributed by atoms with Crippen LogP contribution in [-0.4, -0.2) is 77.4 Å². The largest absolute Gasteiger partial charge is 0.291 e. The average molecular weight is 1790 g/mol. The van der Waals surface area contributed by atoms with E-state index in [0.717, 1.165) is 183 Å². The zero-order valence-corrected chi connectivity index (χ0v) is 75.1. The second-order valence-electron chi connectivity index (χ2n) is 38.6. The van der Waals surface area contributed by atoms with E-state index < -0.39 is 0 Å². The van der Waals surface area contributed by atoms with E-state index in [1.54, 1.807) is 0 Å². The van der Waals surface area contributed by atoms with Gasteiger partial charge in [0.15, 0.2) is 5.65 Å².